The molecule has 0 aliphatic rings. The van der Waals surface area contributed by atoms with Crippen molar-refractivity contribution in [1.82, 2.24) is 0 Å². The van der Waals surface area contributed by atoms with E-state index < -0.39 is 0 Å². The first kappa shape index (κ1) is 13.3. The van der Waals surface area contributed by atoms with E-state index >= 15 is 0 Å². The number of nitrogens with two attached hydrogens (primary N) is 1. The highest BCUT2D eigenvalue weighted by Crippen LogP contribution is 2.17. The van der Waals surface area contributed by atoms with Gasteiger partial charge in [0.25, 0.3) is 0 Å². The van der Waals surface area contributed by atoms with Crippen molar-refractivity contribution >= 4 is 11.4 Å². The van der Waals surface area contributed by atoms with E-state index in [-0.39, 0.29) is 11.6 Å². The van der Waals surface area contributed by atoms with Crippen molar-refractivity contribution in [1.29, 1.82) is 0 Å². The summed E-state index contributed by atoms with van der Waals surface area (Å²) in [4.78, 5) is 0. The topological polar surface area (TPSA) is 38.0 Å². The van der Waals surface area contributed by atoms with Crippen molar-refractivity contribution in [3.8, 4) is 0 Å². The number of hydrogen-bond acceptors (Lipinski definition) is 2. The van der Waals surface area contributed by atoms with Gasteiger partial charge in [0, 0.05) is 12.2 Å². The van der Waals surface area contributed by atoms with Gasteiger partial charge in [-0.3, -0.25) is 0 Å². The Morgan fingerprint density at radius 1 is 1.11 bits per heavy atom. The molecule has 0 aromatic heterocycles. The second-order valence-electron chi connectivity index (χ2n) is 4.49. The van der Waals surface area contributed by atoms with Crippen LogP contribution in [0, 0.1) is 18.6 Å². The summed E-state index contributed by atoms with van der Waals surface area (Å²) >= 11 is 0. The van der Waals surface area contributed by atoms with Crippen LogP contribution in [0.5, 0.6) is 0 Å². The van der Waals surface area contributed by atoms with Gasteiger partial charge in [0.2, 0.25) is 0 Å². The third-order valence-electron chi connectivity index (χ3n) is 3.01. The minimum absolute atomic E-state index is 0.237. The van der Waals surface area contributed by atoms with Crippen molar-refractivity contribution < 1.29 is 8.78 Å². The summed E-state index contributed by atoms with van der Waals surface area (Å²) < 4.78 is 26.5. The van der Waals surface area contributed by atoms with Gasteiger partial charge >= 0.3 is 0 Å². The summed E-state index contributed by atoms with van der Waals surface area (Å²) in [6, 6.07) is 9.24. The summed E-state index contributed by atoms with van der Waals surface area (Å²) in [5, 5.41) is 3.01. The van der Waals surface area contributed by atoms with Crippen LogP contribution >= 0.6 is 0 Å². The molecule has 4 heteroatoms. The SMILES string of the molecule is Cc1cc(F)ccc1CCNc1ccc(N)cc1F. The quantitative estimate of drug-likeness (QED) is 0.827. The fourth-order valence-electron chi connectivity index (χ4n) is 1.95. The molecule has 0 spiro atoms. The maximum absolute atomic E-state index is 13.5. The Labute approximate surface area is 111 Å². The molecule has 2 nitrogen and oxygen atoms in total. The molecule has 2 aromatic rings. The van der Waals surface area contributed by atoms with Crippen LogP contribution in [-0.2, 0) is 6.42 Å². The third kappa shape index (κ3) is 3.44. The van der Waals surface area contributed by atoms with Crippen LogP contribution in [0.1, 0.15) is 11.1 Å². The molecule has 0 saturated carbocycles. The number of halogens is 2. The summed E-state index contributed by atoms with van der Waals surface area (Å²) in [6.45, 7) is 2.44. The predicted octanol–water partition coefficient (Wildman–Crippen LogP) is 3.51. The molecule has 0 fully saturated rings. The number of nitrogens with one attached hydrogen (secondary N) is 1. The number of hydrogen-bond donors (Lipinski definition) is 2. The second kappa shape index (κ2) is 5.69. The Bertz CT molecular complexity index is 531. The van der Waals surface area contributed by atoms with Crippen molar-refractivity contribution in [2.24, 2.45) is 0 Å². The summed E-state index contributed by atoms with van der Waals surface area (Å²) in [5.41, 5.74) is 8.25. The van der Waals surface area contributed by atoms with Crippen LogP contribution < -0.4 is 11.1 Å². The molecule has 19 heavy (non-hydrogen) atoms. The van der Waals surface area contributed by atoms with Gasteiger partial charge in [-0.05, 0) is 54.8 Å². The number of anilines is 2. The van der Waals surface area contributed by atoms with Gasteiger partial charge < -0.3 is 11.1 Å². The van der Waals surface area contributed by atoms with Gasteiger partial charge in [0.05, 0.1) is 5.69 Å². The molecule has 3 N–H and O–H groups in total. The molecule has 0 heterocycles. The van der Waals surface area contributed by atoms with Crippen LogP contribution in [-0.4, -0.2) is 6.54 Å². The zero-order valence-corrected chi connectivity index (χ0v) is 10.7. The van der Waals surface area contributed by atoms with E-state index in [1.807, 2.05) is 6.92 Å². The molecule has 0 radical (unpaired) electrons. The van der Waals surface area contributed by atoms with E-state index in [0.717, 1.165) is 11.1 Å². The van der Waals surface area contributed by atoms with Gasteiger partial charge in [0.15, 0.2) is 0 Å². The minimum Gasteiger partial charge on any atom is -0.399 e. The highest BCUT2D eigenvalue weighted by Gasteiger charge is 2.03. The van der Waals surface area contributed by atoms with Gasteiger partial charge in [-0.1, -0.05) is 6.07 Å². The Hall–Kier alpha value is -2.10. The first-order valence-electron chi connectivity index (χ1n) is 6.10. The van der Waals surface area contributed by atoms with E-state index in [9.17, 15) is 8.78 Å². The molecule has 2 rings (SSSR count). The molecule has 0 bridgehead atoms. The number of nitrogen functional groups attached to an aromatic ring is 1. The molecule has 0 aliphatic heterocycles. The van der Waals surface area contributed by atoms with Crippen LogP contribution in [0.4, 0.5) is 20.2 Å². The van der Waals surface area contributed by atoms with Gasteiger partial charge in [-0.2, -0.15) is 0 Å². The number of benzene rings is 2. The van der Waals surface area contributed by atoms with E-state index in [1.54, 1.807) is 18.2 Å². The lowest BCUT2D eigenvalue weighted by molar-refractivity contribution is 0.625. The van der Waals surface area contributed by atoms with Gasteiger partial charge in [0.1, 0.15) is 11.6 Å². The predicted molar refractivity (Wildman–Crippen MR) is 74.1 cm³/mol. The summed E-state index contributed by atoms with van der Waals surface area (Å²) in [6.07, 6.45) is 0.704. The zero-order valence-electron chi connectivity index (χ0n) is 10.7. The molecule has 2 aromatic carbocycles. The van der Waals surface area contributed by atoms with E-state index in [0.29, 0.717) is 24.3 Å². The van der Waals surface area contributed by atoms with Crippen LogP contribution in [0.3, 0.4) is 0 Å². The lowest BCUT2D eigenvalue weighted by atomic mass is 10.1. The van der Waals surface area contributed by atoms with Crippen LogP contribution in [0.15, 0.2) is 36.4 Å². The smallest absolute Gasteiger partial charge is 0.148 e. The monoisotopic (exact) mass is 262 g/mol. The standard InChI is InChI=1S/C15H16F2N2/c1-10-8-12(16)3-2-11(10)6-7-19-15-5-4-13(18)9-14(15)17/h2-5,8-9,19H,6-7,18H2,1H3. The molecule has 0 unspecified atom stereocenters. The lowest BCUT2D eigenvalue weighted by Gasteiger charge is -2.09. The molecule has 0 aliphatic carbocycles. The van der Waals surface area contributed by atoms with Crippen molar-refractivity contribution in [2.45, 2.75) is 13.3 Å². The highest BCUT2D eigenvalue weighted by atomic mass is 19.1. The van der Waals surface area contributed by atoms with Crippen LogP contribution in [0.25, 0.3) is 0 Å². The Morgan fingerprint density at radius 3 is 2.58 bits per heavy atom. The second-order valence-corrected chi connectivity index (χ2v) is 4.49. The summed E-state index contributed by atoms with van der Waals surface area (Å²) in [5.74, 6) is -0.602. The van der Waals surface area contributed by atoms with Gasteiger partial charge in [-0.15, -0.1) is 0 Å². The van der Waals surface area contributed by atoms with E-state index in [4.69, 9.17) is 5.73 Å². The minimum atomic E-state index is -0.365. The average molecular weight is 262 g/mol. The van der Waals surface area contributed by atoms with Crippen molar-refractivity contribution in [3.05, 3.63) is 59.2 Å². The average Bonchev–Trinajstić information content (AvgIpc) is 2.34. The first-order valence-corrected chi connectivity index (χ1v) is 6.10. The van der Waals surface area contributed by atoms with Gasteiger partial charge in [-0.25, -0.2) is 8.78 Å². The number of rotatable bonds is 4. The molecular formula is C15H16F2N2. The maximum Gasteiger partial charge on any atom is 0.148 e. The van der Waals surface area contributed by atoms with E-state index in [1.165, 1.54) is 18.2 Å². The molecule has 0 saturated heterocycles. The van der Waals surface area contributed by atoms with E-state index in [2.05, 4.69) is 5.32 Å². The largest absolute Gasteiger partial charge is 0.399 e. The van der Waals surface area contributed by atoms with Crippen molar-refractivity contribution in [2.75, 3.05) is 17.6 Å². The fourth-order valence-corrected chi connectivity index (χ4v) is 1.95. The molecule has 0 atom stereocenters. The highest BCUT2D eigenvalue weighted by molar-refractivity contribution is 5.52. The summed E-state index contributed by atoms with van der Waals surface area (Å²) in [7, 11) is 0. The zero-order chi connectivity index (χ0) is 13.8. The van der Waals surface area contributed by atoms with Crippen LogP contribution in [0.2, 0.25) is 0 Å². The normalized spacial score (nSPS) is 10.5. The number of aryl methyl sites for hydroxylation is 1. The molecule has 0 amide bonds. The molecule has 100 valence electrons. The first-order chi connectivity index (χ1) is 9.06. The fraction of sp³-hybridized carbons (Fsp3) is 0.200. The lowest BCUT2D eigenvalue weighted by Crippen LogP contribution is -2.07. The Morgan fingerprint density at radius 2 is 1.89 bits per heavy atom. The Balaban J connectivity index is 1.96. The molecular weight excluding hydrogens is 246 g/mol. The Kier molecular flexibility index (Phi) is 4.00. The third-order valence-corrected chi connectivity index (χ3v) is 3.01. The van der Waals surface area contributed by atoms with Crippen molar-refractivity contribution in [3.63, 3.8) is 0 Å². The maximum atomic E-state index is 13.5.